The number of methoxy groups -OCH3 is 2. The van der Waals surface area contributed by atoms with Crippen LogP contribution < -0.4 is 0 Å². The molecule has 0 aromatic heterocycles. The summed E-state index contributed by atoms with van der Waals surface area (Å²) in [5, 5.41) is 0.0814. The van der Waals surface area contributed by atoms with E-state index in [1.165, 1.54) is 19.3 Å². The fourth-order valence-corrected chi connectivity index (χ4v) is 2.77. The molecule has 0 aliphatic heterocycles. The van der Waals surface area contributed by atoms with Crippen molar-refractivity contribution in [1.82, 2.24) is 4.90 Å². The highest BCUT2D eigenvalue weighted by atomic mass is 35.5. The van der Waals surface area contributed by atoms with Gasteiger partial charge < -0.3 is 14.4 Å². The fraction of sp³-hybridized carbons (Fsp3) is 1.00. The lowest BCUT2D eigenvalue weighted by Gasteiger charge is -2.35. The number of alkyl halides is 1. The summed E-state index contributed by atoms with van der Waals surface area (Å²) in [5.74, 6) is 0. The van der Waals surface area contributed by atoms with Crippen LogP contribution in [0.15, 0.2) is 0 Å². The van der Waals surface area contributed by atoms with Crippen LogP contribution in [0.1, 0.15) is 25.7 Å². The van der Waals surface area contributed by atoms with E-state index in [-0.39, 0.29) is 5.38 Å². The molecular weight excluding hydrogens is 226 g/mol. The van der Waals surface area contributed by atoms with Crippen molar-refractivity contribution in [1.29, 1.82) is 0 Å². The van der Waals surface area contributed by atoms with E-state index in [1.807, 2.05) is 7.11 Å². The maximum absolute atomic E-state index is 6.17. The SMILES string of the molecule is COCC(Cl)CN(C)C1CCCC(OC)C1. The number of ether oxygens (including phenoxy) is 2. The van der Waals surface area contributed by atoms with Crippen LogP contribution in [-0.4, -0.2) is 56.8 Å². The molecule has 1 fully saturated rings. The molecule has 0 amide bonds. The van der Waals surface area contributed by atoms with Crippen LogP contribution in [0.3, 0.4) is 0 Å². The number of hydrogen-bond donors (Lipinski definition) is 0. The maximum atomic E-state index is 6.17. The fourth-order valence-electron chi connectivity index (χ4n) is 2.43. The van der Waals surface area contributed by atoms with E-state index in [0.29, 0.717) is 18.8 Å². The number of rotatable bonds is 6. The van der Waals surface area contributed by atoms with Crippen LogP contribution in [0.5, 0.6) is 0 Å². The smallest absolute Gasteiger partial charge is 0.0696 e. The Morgan fingerprint density at radius 1 is 1.38 bits per heavy atom. The van der Waals surface area contributed by atoms with Gasteiger partial charge in [0.15, 0.2) is 0 Å². The number of hydrogen-bond acceptors (Lipinski definition) is 3. The molecule has 1 aliphatic rings. The quantitative estimate of drug-likeness (QED) is 0.674. The predicted octanol–water partition coefficient (Wildman–Crippen LogP) is 2.13. The summed E-state index contributed by atoms with van der Waals surface area (Å²) in [6, 6.07) is 0.608. The molecule has 1 aliphatic carbocycles. The summed E-state index contributed by atoms with van der Waals surface area (Å²) in [4.78, 5) is 2.35. The normalized spacial score (nSPS) is 28.3. The van der Waals surface area contributed by atoms with Crippen molar-refractivity contribution in [3.63, 3.8) is 0 Å². The van der Waals surface area contributed by atoms with Crippen molar-refractivity contribution in [2.24, 2.45) is 0 Å². The van der Waals surface area contributed by atoms with Gasteiger partial charge in [-0.1, -0.05) is 0 Å². The zero-order valence-electron chi connectivity index (χ0n) is 10.6. The average molecular weight is 250 g/mol. The van der Waals surface area contributed by atoms with E-state index < -0.39 is 0 Å². The second kappa shape index (κ2) is 7.49. The molecule has 0 radical (unpaired) electrons. The van der Waals surface area contributed by atoms with Crippen molar-refractivity contribution in [3.8, 4) is 0 Å². The molecular formula is C12H24ClNO2. The lowest BCUT2D eigenvalue weighted by Crippen LogP contribution is -2.41. The van der Waals surface area contributed by atoms with Gasteiger partial charge in [0, 0.05) is 26.8 Å². The third kappa shape index (κ3) is 4.58. The predicted molar refractivity (Wildman–Crippen MR) is 67.2 cm³/mol. The molecule has 1 rings (SSSR count). The summed E-state index contributed by atoms with van der Waals surface area (Å²) in [6.45, 7) is 1.50. The molecule has 0 saturated heterocycles. The zero-order chi connectivity index (χ0) is 12.0. The molecule has 96 valence electrons. The van der Waals surface area contributed by atoms with Crippen molar-refractivity contribution < 1.29 is 9.47 Å². The van der Waals surface area contributed by atoms with Crippen molar-refractivity contribution in [3.05, 3.63) is 0 Å². The summed E-state index contributed by atoms with van der Waals surface area (Å²) in [7, 11) is 5.65. The molecule has 16 heavy (non-hydrogen) atoms. The number of halogens is 1. The Morgan fingerprint density at radius 2 is 2.12 bits per heavy atom. The Morgan fingerprint density at radius 3 is 2.75 bits per heavy atom. The molecule has 0 aromatic carbocycles. The van der Waals surface area contributed by atoms with Crippen LogP contribution in [-0.2, 0) is 9.47 Å². The van der Waals surface area contributed by atoms with E-state index in [1.54, 1.807) is 7.11 Å². The van der Waals surface area contributed by atoms with Gasteiger partial charge in [0.25, 0.3) is 0 Å². The minimum absolute atomic E-state index is 0.0814. The topological polar surface area (TPSA) is 21.7 Å². The van der Waals surface area contributed by atoms with Crippen LogP contribution >= 0.6 is 11.6 Å². The monoisotopic (exact) mass is 249 g/mol. The Labute approximate surface area is 104 Å². The molecule has 4 heteroatoms. The Balaban J connectivity index is 2.32. The van der Waals surface area contributed by atoms with E-state index in [9.17, 15) is 0 Å². The van der Waals surface area contributed by atoms with Crippen molar-refractivity contribution >= 4 is 11.6 Å². The molecule has 0 N–H and O–H groups in total. The third-order valence-corrected chi connectivity index (χ3v) is 3.65. The standard InChI is InChI=1S/C12H24ClNO2/c1-14(8-10(13)9-15-2)11-5-4-6-12(7-11)16-3/h10-12H,4-9H2,1-3H3. The molecule has 0 heterocycles. The first-order valence-corrected chi connectivity index (χ1v) is 6.47. The first-order valence-electron chi connectivity index (χ1n) is 6.03. The second-order valence-corrected chi connectivity index (χ2v) is 5.29. The first kappa shape index (κ1) is 14.2. The Hall–Kier alpha value is 0.170. The van der Waals surface area contributed by atoms with E-state index >= 15 is 0 Å². The van der Waals surface area contributed by atoms with E-state index in [0.717, 1.165) is 13.0 Å². The zero-order valence-corrected chi connectivity index (χ0v) is 11.4. The number of nitrogens with zero attached hydrogens (tertiary/aromatic N) is 1. The lowest BCUT2D eigenvalue weighted by molar-refractivity contribution is 0.0332. The summed E-state index contributed by atoms with van der Waals surface area (Å²) < 4.78 is 10.5. The van der Waals surface area contributed by atoms with Gasteiger partial charge in [0.1, 0.15) is 0 Å². The van der Waals surface area contributed by atoms with Crippen LogP contribution in [0.4, 0.5) is 0 Å². The minimum atomic E-state index is 0.0814. The molecule has 3 nitrogen and oxygen atoms in total. The van der Waals surface area contributed by atoms with Gasteiger partial charge in [-0.2, -0.15) is 0 Å². The van der Waals surface area contributed by atoms with Gasteiger partial charge in [-0.3, -0.25) is 0 Å². The molecule has 3 atom stereocenters. The van der Waals surface area contributed by atoms with Gasteiger partial charge in [0.05, 0.1) is 18.1 Å². The van der Waals surface area contributed by atoms with Gasteiger partial charge >= 0.3 is 0 Å². The first-order chi connectivity index (χ1) is 7.67. The van der Waals surface area contributed by atoms with Crippen molar-refractivity contribution in [2.75, 3.05) is 34.4 Å². The molecule has 0 aromatic rings. The highest BCUT2D eigenvalue weighted by molar-refractivity contribution is 6.20. The third-order valence-electron chi connectivity index (χ3n) is 3.39. The highest BCUT2D eigenvalue weighted by Crippen LogP contribution is 2.24. The Kier molecular flexibility index (Phi) is 6.66. The molecule has 0 bridgehead atoms. The summed E-state index contributed by atoms with van der Waals surface area (Å²) in [5.41, 5.74) is 0. The van der Waals surface area contributed by atoms with E-state index in [2.05, 4.69) is 11.9 Å². The van der Waals surface area contributed by atoms with Crippen LogP contribution in [0.25, 0.3) is 0 Å². The maximum Gasteiger partial charge on any atom is 0.0696 e. The molecule has 0 spiro atoms. The van der Waals surface area contributed by atoms with E-state index in [4.69, 9.17) is 21.1 Å². The van der Waals surface area contributed by atoms with Crippen molar-refractivity contribution in [2.45, 2.75) is 43.2 Å². The van der Waals surface area contributed by atoms with Crippen LogP contribution in [0, 0.1) is 0 Å². The summed E-state index contributed by atoms with van der Waals surface area (Å²) >= 11 is 6.17. The largest absolute Gasteiger partial charge is 0.383 e. The summed E-state index contributed by atoms with van der Waals surface area (Å²) in [6.07, 6.45) is 5.27. The Bertz CT molecular complexity index is 192. The molecule has 1 saturated carbocycles. The van der Waals surface area contributed by atoms with Gasteiger partial charge in [-0.05, 0) is 32.7 Å². The average Bonchev–Trinajstić information content (AvgIpc) is 2.29. The van der Waals surface area contributed by atoms with Gasteiger partial charge in [-0.15, -0.1) is 11.6 Å². The second-order valence-electron chi connectivity index (χ2n) is 4.67. The van der Waals surface area contributed by atoms with Gasteiger partial charge in [-0.25, -0.2) is 0 Å². The minimum Gasteiger partial charge on any atom is -0.383 e. The van der Waals surface area contributed by atoms with Gasteiger partial charge in [0.2, 0.25) is 0 Å². The molecule has 3 unspecified atom stereocenters. The lowest BCUT2D eigenvalue weighted by atomic mass is 9.92. The van der Waals surface area contributed by atoms with Crippen LogP contribution in [0.2, 0.25) is 0 Å². The highest BCUT2D eigenvalue weighted by Gasteiger charge is 2.25.